The number of amides is 2. The Morgan fingerprint density at radius 3 is 2.24 bits per heavy atom. The summed E-state index contributed by atoms with van der Waals surface area (Å²) in [5.74, 6) is -0.963. The highest BCUT2D eigenvalue weighted by Gasteiger charge is 2.40. The molecule has 1 saturated heterocycles. The van der Waals surface area contributed by atoms with E-state index in [0.717, 1.165) is 0 Å². The van der Waals surface area contributed by atoms with E-state index < -0.39 is 11.3 Å². The summed E-state index contributed by atoms with van der Waals surface area (Å²) in [7, 11) is 0. The molecule has 1 aliphatic rings. The first-order valence-electron chi connectivity index (χ1n) is 9.43. The first-order chi connectivity index (χ1) is 13.8. The van der Waals surface area contributed by atoms with E-state index in [1.165, 1.54) is 6.07 Å². The molecule has 3 rings (SSSR count). The van der Waals surface area contributed by atoms with Gasteiger partial charge in [0.15, 0.2) is 0 Å². The molecule has 0 bridgehead atoms. The molecule has 0 aliphatic carbocycles. The van der Waals surface area contributed by atoms with E-state index in [0.29, 0.717) is 43.1 Å². The average Bonchev–Trinajstić information content (AvgIpc) is 2.74. The predicted molar refractivity (Wildman–Crippen MR) is 109 cm³/mol. The molecule has 1 heterocycles. The van der Waals surface area contributed by atoms with Crippen molar-refractivity contribution in [3.63, 3.8) is 0 Å². The van der Waals surface area contributed by atoms with Crippen LogP contribution in [0.3, 0.4) is 0 Å². The fourth-order valence-corrected chi connectivity index (χ4v) is 3.27. The van der Waals surface area contributed by atoms with Gasteiger partial charge in [0.05, 0.1) is 17.3 Å². The number of hydrogen-bond donors (Lipinski definition) is 1. The van der Waals surface area contributed by atoms with Crippen molar-refractivity contribution in [1.29, 1.82) is 5.26 Å². The predicted octanol–water partition coefficient (Wildman–Crippen LogP) is 3.01. The second kappa shape index (κ2) is 8.31. The summed E-state index contributed by atoms with van der Waals surface area (Å²) in [5.41, 5.74) is 0.288. The van der Waals surface area contributed by atoms with Gasteiger partial charge in [-0.05, 0) is 50.2 Å². The molecule has 2 amide bonds. The summed E-state index contributed by atoms with van der Waals surface area (Å²) in [6.45, 7) is 5.02. The zero-order chi connectivity index (χ0) is 21.0. The molecular formula is C22H23FN4O2. The number of anilines is 2. The summed E-state index contributed by atoms with van der Waals surface area (Å²) < 4.78 is 14.0. The second-order valence-electron chi connectivity index (χ2n) is 7.50. The molecule has 0 saturated carbocycles. The van der Waals surface area contributed by atoms with Crippen LogP contribution in [-0.2, 0) is 9.59 Å². The molecule has 1 N–H and O–H groups in total. The molecule has 150 valence electrons. The van der Waals surface area contributed by atoms with Crippen molar-refractivity contribution in [2.24, 2.45) is 5.41 Å². The van der Waals surface area contributed by atoms with Crippen molar-refractivity contribution in [1.82, 2.24) is 4.90 Å². The summed E-state index contributed by atoms with van der Waals surface area (Å²) in [4.78, 5) is 29.3. The van der Waals surface area contributed by atoms with Gasteiger partial charge in [-0.2, -0.15) is 5.26 Å². The molecule has 0 aromatic heterocycles. The maximum absolute atomic E-state index is 14.0. The molecule has 1 fully saturated rings. The van der Waals surface area contributed by atoms with Crippen LogP contribution in [0.2, 0.25) is 0 Å². The maximum Gasteiger partial charge on any atom is 0.239 e. The van der Waals surface area contributed by atoms with E-state index in [9.17, 15) is 14.0 Å². The first kappa shape index (κ1) is 20.3. The Bertz CT molecular complexity index is 942. The number of hydrogen-bond acceptors (Lipinski definition) is 4. The SMILES string of the molecule is CC(C)(C(=O)Nc1ccc(C#N)cc1)C(=O)N1CCN(c2ccccc2F)CC1. The Labute approximate surface area is 169 Å². The summed E-state index contributed by atoms with van der Waals surface area (Å²) in [5, 5.41) is 11.6. The van der Waals surface area contributed by atoms with Gasteiger partial charge in [-0.25, -0.2) is 4.39 Å². The number of benzene rings is 2. The number of nitrogens with one attached hydrogen (secondary N) is 1. The summed E-state index contributed by atoms with van der Waals surface area (Å²) >= 11 is 0. The van der Waals surface area contributed by atoms with Crippen molar-refractivity contribution < 1.29 is 14.0 Å². The van der Waals surface area contributed by atoms with Crippen LogP contribution in [0.15, 0.2) is 48.5 Å². The van der Waals surface area contributed by atoms with Crippen molar-refractivity contribution >= 4 is 23.2 Å². The average molecular weight is 394 g/mol. The van der Waals surface area contributed by atoms with E-state index in [-0.39, 0.29) is 11.7 Å². The Hall–Kier alpha value is -3.40. The van der Waals surface area contributed by atoms with Gasteiger partial charge < -0.3 is 15.1 Å². The van der Waals surface area contributed by atoms with Gasteiger partial charge in [-0.1, -0.05) is 12.1 Å². The maximum atomic E-state index is 14.0. The molecule has 29 heavy (non-hydrogen) atoms. The van der Waals surface area contributed by atoms with Crippen LogP contribution in [0.1, 0.15) is 19.4 Å². The third-order valence-corrected chi connectivity index (χ3v) is 5.13. The lowest BCUT2D eigenvalue weighted by molar-refractivity contribution is -0.146. The van der Waals surface area contributed by atoms with Crippen LogP contribution < -0.4 is 10.2 Å². The number of para-hydroxylation sites is 1. The van der Waals surface area contributed by atoms with Gasteiger partial charge in [-0.3, -0.25) is 9.59 Å². The van der Waals surface area contributed by atoms with E-state index in [4.69, 9.17) is 5.26 Å². The van der Waals surface area contributed by atoms with Crippen LogP contribution in [0.25, 0.3) is 0 Å². The zero-order valence-electron chi connectivity index (χ0n) is 16.5. The molecule has 2 aromatic carbocycles. The highest BCUT2D eigenvalue weighted by atomic mass is 19.1. The van der Waals surface area contributed by atoms with Gasteiger partial charge in [0.25, 0.3) is 0 Å². The lowest BCUT2D eigenvalue weighted by atomic mass is 9.89. The van der Waals surface area contributed by atoms with Gasteiger partial charge in [0.1, 0.15) is 11.2 Å². The van der Waals surface area contributed by atoms with Gasteiger partial charge in [0.2, 0.25) is 11.8 Å². The van der Waals surface area contributed by atoms with Crippen molar-refractivity contribution in [2.45, 2.75) is 13.8 Å². The fraction of sp³-hybridized carbons (Fsp3) is 0.318. The van der Waals surface area contributed by atoms with Crippen LogP contribution in [0.5, 0.6) is 0 Å². The van der Waals surface area contributed by atoms with Crippen molar-refractivity contribution in [3.05, 3.63) is 59.9 Å². The summed E-state index contributed by atoms with van der Waals surface area (Å²) in [6, 6.07) is 15.1. The third-order valence-electron chi connectivity index (χ3n) is 5.13. The monoisotopic (exact) mass is 394 g/mol. The minimum atomic E-state index is -1.26. The van der Waals surface area contributed by atoms with E-state index in [1.807, 2.05) is 11.0 Å². The fourth-order valence-electron chi connectivity index (χ4n) is 3.27. The quantitative estimate of drug-likeness (QED) is 0.809. The number of halogens is 1. The highest BCUT2D eigenvalue weighted by Crippen LogP contribution is 2.25. The van der Waals surface area contributed by atoms with E-state index in [1.54, 1.807) is 61.2 Å². The highest BCUT2D eigenvalue weighted by molar-refractivity contribution is 6.09. The van der Waals surface area contributed by atoms with E-state index in [2.05, 4.69) is 5.32 Å². The van der Waals surface area contributed by atoms with Crippen LogP contribution >= 0.6 is 0 Å². The molecule has 0 radical (unpaired) electrons. The number of rotatable bonds is 4. The minimum absolute atomic E-state index is 0.267. The largest absolute Gasteiger partial charge is 0.366 e. The lowest BCUT2D eigenvalue weighted by Crippen LogP contribution is -2.54. The molecule has 0 spiro atoms. The molecule has 2 aromatic rings. The molecular weight excluding hydrogens is 371 g/mol. The van der Waals surface area contributed by atoms with Gasteiger partial charge in [-0.15, -0.1) is 0 Å². The molecule has 7 heteroatoms. The van der Waals surface area contributed by atoms with Gasteiger partial charge >= 0.3 is 0 Å². The molecule has 0 atom stereocenters. The zero-order valence-corrected chi connectivity index (χ0v) is 16.5. The number of piperazine rings is 1. The summed E-state index contributed by atoms with van der Waals surface area (Å²) in [6.07, 6.45) is 0. The number of nitrogens with zero attached hydrogens (tertiary/aromatic N) is 3. The molecule has 6 nitrogen and oxygen atoms in total. The van der Waals surface area contributed by atoms with Crippen LogP contribution in [0, 0.1) is 22.6 Å². The van der Waals surface area contributed by atoms with E-state index >= 15 is 0 Å². The molecule has 1 aliphatic heterocycles. The van der Waals surface area contributed by atoms with Crippen LogP contribution in [0.4, 0.5) is 15.8 Å². The first-order valence-corrected chi connectivity index (χ1v) is 9.43. The normalized spacial score (nSPS) is 14.3. The standard InChI is InChI=1S/C22H23FN4O2/c1-22(2,20(28)25-17-9-7-16(15-24)8-10-17)21(29)27-13-11-26(12-14-27)19-6-4-3-5-18(19)23/h3-10H,11-14H2,1-2H3,(H,25,28). The molecule has 0 unspecified atom stereocenters. The number of nitriles is 1. The Morgan fingerprint density at radius 1 is 1.03 bits per heavy atom. The third kappa shape index (κ3) is 4.37. The van der Waals surface area contributed by atoms with Gasteiger partial charge in [0, 0.05) is 31.9 Å². The Morgan fingerprint density at radius 2 is 1.66 bits per heavy atom. The van der Waals surface area contributed by atoms with Crippen molar-refractivity contribution in [2.75, 3.05) is 36.4 Å². The van der Waals surface area contributed by atoms with Crippen LogP contribution in [-0.4, -0.2) is 42.9 Å². The Kier molecular flexibility index (Phi) is 5.83. The smallest absolute Gasteiger partial charge is 0.239 e. The number of carbonyl (C=O) groups is 2. The second-order valence-corrected chi connectivity index (χ2v) is 7.50. The lowest BCUT2D eigenvalue weighted by Gasteiger charge is -2.39. The minimum Gasteiger partial charge on any atom is -0.366 e. The Balaban J connectivity index is 1.62. The van der Waals surface area contributed by atoms with Crippen molar-refractivity contribution in [3.8, 4) is 6.07 Å². The topological polar surface area (TPSA) is 76.4 Å². The number of carbonyl (C=O) groups excluding carboxylic acids is 2.